The highest BCUT2D eigenvalue weighted by Gasteiger charge is 2.27. The van der Waals surface area contributed by atoms with E-state index < -0.39 is 0 Å². The maximum atomic E-state index is 12.9. The number of likely N-dealkylation sites (tertiary alicyclic amines) is 1. The topological polar surface area (TPSA) is 59.2 Å². The maximum Gasteiger partial charge on any atom is 0.229 e. The molecular formula is C19H24FN3O2. The monoisotopic (exact) mass is 345 g/mol. The van der Waals surface area contributed by atoms with Crippen LogP contribution in [0.1, 0.15) is 49.9 Å². The number of nitrogens with zero attached hydrogens (tertiary/aromatic N) is 3. The predicted octanol–water partition coefficient (Wildman–Crippen LogP) is 3.36. The maximum absolute atomic E-state index is 12.9. The highest BCUT2D eigenvalue weighted by molar-refractivity contribution is 5.78. The molecule has 0 radical (unpaired) electrons. The standard InChI is InChI=1S/C19H24FN3O2/c1-13(2)11-17-21-19(25-22-17)15-7-9-23(10-8-15)18(24)12-14-3-5-16(20)6-4-14/h3-6,13,15H,7-12H2,1-2H3. The normalized spacial score (nSPS) is 15.8. The summed E-state index contributed by atoms with van der Waals surface area (Å²) >= 11 is 0. The van der Waals surface area contributed by atoms with E-state index >= 15 is 0 Å². The minimum Gasteiger partial charge on any atom is -0.342 e. The van der Waals surface area contributed by atoms with E-state index in [9.17, 15) is 9.18 Å². The summed E-state index contributed by atoms with van der Waals surface area (Å²) in [5.41, 5.74) is 0.837. The minimum absolute atomic E-state index is 0.0797. The Bertz CT molecular complexity index is 704. The van der Waals surface area contributed by atoms with Gasteiger partial charge in [-0.25, -0.2) is 4.39 Å². The summed E-state index contributed by atoms with van der Waals surface area (Å²) in [4.78, 5) is 18.8. The van der Waals surface area contributed by atoms with Gasteiger partial charge in [0, 0.05) is 25.4 Å². The largest absolute Gasteiger partial charge is 0.342 e. The molecule has 2 aromatic rings. The quantitative estimate of drug-likeness (QED) is 0.834. The molecular weight excluding hydrogens is 321 g/mol. The molecule has 6 heteroatoms. The lowest BCUT2D eigenvalue weighted by Gasteiger charge is -2.30. The Labute approximate surface area is 147 Å². The van der Waals surface area contributed by atoms with Gasteiger partial charge in [0.25, 0.3) is 0 Å². The first-order valence-electron chi connectivity index (χ1n) is 8.86. The van der Waals surface area contributed by atoms with Crippen LogP contribution in [-0.4, -0.2) is 34.0 Å². The zero-order valence-electron chi connectivity index (χ0n) is 14.7. The molecule has 0 atom stereocenters. The van der Waals surface area contributed by atoms with E-state index in [2.05, 4.69) is 24.0 Å². The van der Waals surface area contributed by atoms with Crippen molar-refractivity contribution in [1.29, 1.82) is 0 Å². The summed E-state index contributed by atoms with van der Waals surface area (Å²) in [5.74, 6) is 1.98. The van der Waals surface area contributed by atoms with Gasteiger partial charge in [0.1, 0.15) is 5.82 Å². The Kier molecular flexibility index (Phi) is 5.46. The number of hydrogen-bond donors (Lipinski definition) is 0. The number of hydrogen-bond acceptors (Lipinski definition) is 4. The second kappa shape index (κ2) is 7.76. The third-order valence-electron chi connectivity index (χ3n) is 4.54. The van der Waals surface area contributed by atoms with Crippen molar-refractivity contribution in [3.05, 3.63) is 47.4 Å². The van der Waals surface area contributed by atoms with Crippen LogP contribution in [0, 0.1) is 11.7 Å². The van der Waals surface area contributed by atoms with Crippen molar-refractivity contribution in [3.63, 3.8) is 0 Å². The molecule has 0 saturated carbocycles. The second-order valence-corrected chi connectivity index (χ2v) is 7.11. The molecule has 1 amide bonds. The van der Waals surface area contributed by atoms with E-state index in [0.717, 1.165) is 30.7 Å². The highest BCUT2D eigenvalue weighted by atomic mass is 19.1. The van der Waals surface area contributed by atoms with Crippen LogP contribution in [0.15, 0.2) is 28.8 Å². The number of carbonyl (C=O) groups excluding carboxylic acids is 1. The Balaban J connectivity index is 1.51. The van der Waals surface area contributed by atoms with E-state index in [4.69, 9.17) is 4.52 Å². The number of amides is 1. The highest BCUT2D eigenvalue weighted by Crippen LogP contribution is 2.27. The molecule has 1 saturated heterocycles. The second-order valence-electron chi connectivity index (χ2n) is 7.11. The van der Waals surface area contributed by atoms with Crippen LogP contribution in [0.3, 0.4) is 0 Å². The molecule has 0 unspecified atom stereocenters. The summed E-state index contributed by atoms with van der Waals surface area (Å²) in [6.45, 7) is 5.63. The van der Waals surface area contributed by atoms with E-state index in [1.54, 1.807) is 12.1 Å². The average Bonchev–Trinajstić information content (AvgIpc) is 3.05. The van der Waals surface area contributed by atoms with Gasteiger partial charge in [0.2, 0.25) is 11.8 Å². The molecule has 0 aliphatic carbocycles. The molecule has 1 aliphatic rings. The van der Waals surface area contributed by atoms with Crippen molar-refractivity contribution in [2.45, 2.75) is 45.4 Å². The molecule has 0 spiro atoms. The molecule has 2 heterocycles. The third-order valence-corrected chi connectivity index (χ3v) is 4.54. The fraction of sp³-hybridized carbons (Fsp3) is 0.526. The van der Waals surface area contributed by atoms with E-state index in [1.807, 2.05) is 4.90 Å². The van der Waals surface area contributed by atoms with Crippen LogP contribution >= 0.6 is 0 Å². The fourth-order valence-corrected chi connectivity index (χ4v) is 3.15. The minimum atomic E-state index is -0.284. The Morgan fingerprint density at radius 2 is 1.96 bits per heavy atom. The first-order chi connectivity index (χ1) is 12.0. The van der Waals surface area contributed by atoms with Crippen molar-refractivity contribution < 1.29 is 13.7 Å². The fourth-order valence-electron chi connectivity index (χ4n) is 3.15. The lowest BCUT2D eigenvalue weighted by molar-refractivity contribution is -0.131. The van der Waals surface area contributed by atoms with Crippen molar-refractivity contribution in [2.24, 2.45) is 5.92 Å². The van der Waals surface area contributed by atoms with Crippen LogP contribution in [0.4, 0.5) is 4.39 Å². The van der Waals surface area contributed by atoms with Crippen LogP contribution < -0.4 is 0 Å². The smallest absolute Gasteiger partial charge is 0.229 e. The molecule has 3 rings (SSSR count). The third kappa shape index (κ3) is 4.65. The van der Waals surface area contributed by atoms with E-state index in [1.165, 1.54) is 12.1 Å². The van der Waals surface area contributed by atoms with Crippen LogP contribution in [0.2, 0.25) is 0 Å². The van der Waals surface area contributed by atoms with Crippen molar-refractivity contribution in [2.75, 3.05) is 13.1 Å². The van der Waals surface area contributed by atoms with Gasteiger partial charge >= 0.3 is 0 Å². The molecule has 0 N–H and O–H groups in total. The van der Waals surface area contributed by atoms with Gasteiger partial charge in [-0.3, -0.25) is 4.79 Å². The summed E-state index contributed by atoms with van der Waals surface area (Å²) in [5, 5.41) is 4.05. The van der Waals surface area contributed by atoms with Crippen LogP contribution in [-0.2, 0) is 17.6 Å². The molecule has 1 aromatic heterocycles. The SMILES string of the molecule is CC(C)Cc1noc(C2CCN(C(=O)Cc3ccc(F)cc3)CC2)n1. The van der Waals surface area contributed by atoms with Crippen LogP contribution in [0.25, 0.3) is 0 Å². The number of rotatable bonds is 5. The molecule has 1 aromatic carbocycles. The summed E-state index contributed by atoms with van der Waals surface area (Å²) in [7, 11) is 0. The van der Waals surface area contributed by atoms with Crippen molar-refractivity contribution in [1.82, 2.24) is 15.0 Å². The number of piperidine rings is 1. The molecule has 1 fully saturated rings. The molecule has 5 nitrogen and oxygen atoms in total. The number of aromatic nitrogens is 2. The zero-order valence-corrected chi connectivity index (χ0v) is 14.7. The zero-order chi connectivity index (χ0) is 17.8. The van der Waals surface area contributed by atoms with Gasteiger partial charge in [0.05, 0.1) is 6.42 Å². The summed E-state index contributed by atoms with van der Waals surface area (Å²) in [6, 6.07) is 6.10. The molecule has 0 bridgehead atoms. The number of carbonyl (C=O) groups is 1. The van der Waals surface area contributed by atoms with Gasteiger partial charge in [0.15, 0.2) is 5.82 Å². The first-order valence-corrected chi connectivity index (χ1v) is 8.86. The molecule has 134 valence electrons. The Hall–Kier alpha value is -2.24. The lowest BCUT2D eigenvalue weighted by Crippen LogP contribution is -2.38. The number of benzene rings is 1. The summed E-state index contributed by atoms with van der Waals surface area (Å²) < 4.78 is 18.3. The van der Waals surface area contributed by atoms with Crippen molar-refractivity contribution in [3.8, 4) is 0 Å². The first kappa shape index (κ1) is 17.6. The van der Waals surface area contributed by atoms with E-state index in [0.29, 0.717) is 31.3 Å². The van der Waals surface area contributed by atoms with Gasteiger partial charge < -0.3 is 9.42 Å². The Morgan fingerprint density at radius 3 is 2.60 bits per heavy atom. The van der Waals surface area contributed by atoms with E-state index in [-0.39, 0.29) is 17.6 Å². The summed E-state index contributed by atoms with van der Waals surface area (Å²) in [6.07, 6.45) is 2.79. The average molecular weight is 345 g/mol. The molecule has 25 heavy (non-hydrogen) atoms. The lowest BCUT2D eigenvalue weighted by atomic mass is 9.96. The van der Waals surface area contributed by atoms with Gasteiger partial charge in [-0.15, -0.1) is 0 Å². The van der Waals surface area contributed by atoms with Gasteiger partial charge in [-0.2, -0.15) is 4.98 Å². The van der Waals surface area contributed by atoms with Gasteiger partial charge in [-0.05, 0) is 36.5 Å². The predicted molar refractivity (Wildman–Crippen MR) is 91.5 cm³/mol. The molecule has 1 aliphatic heterocycles. The Morgan fingerprint density at radius 1 is 1.28 bits per heavy atom. The van der Waals surface area contributed by atoms with Crippen LogP contribution in [0.5, 0.6) is 0 Å². The van der Waals surface area contributed by atoms with Gasteiger partial charge in [-0.1, -0.05) is 31.1 Å². The number of halogens is 1. The van der Waals surface area contributed by atoms with Crippen molar-refractivity contribution >= 4 is 5.91 Å².